The summed E-state index contributed by atoms with van der Waals surface area (Å²) >= 11 is 0. The Bertz CT molecular complexity index is 1420. The summed E-state index contributed by atoms with van der Waals surface area (Å²) in [5, 5.41) is 17.4. The summed E-state index contributed by atoms with van der Waals surface area (Å²) in [6.07, 6.45) is 6.52. The lowest BCUT2D eigenvalue weighted by Crippen LogP contribution is -2.34. The fourth-order valence-corrected chi connectivity index (χ4v) is 6.57. The van der Waals surface area contributed by atoms with Crippen molar-refractivity contribution in [3.8, 4) is 17.2 Å². The molecule has 0 bridgehead atoms. The molecule has 3 heterocycles. The Morgan fingerprint density at radius 3 is 2.81 bits per heavy atom. The van der Waals surface area contributed by atoms with E-state index in [0.29, 0.717) is 6.54 Å². The van der Waals surface area contributed by atoms with Crippen LogP contribution in [0, 0.1) is 17.2 Å². The van der Waals surface area contributed by atoms with Crippen LogP contribution in [0.3, 0.4) is 0 Å². The first-order chi connectivity index (χ1) is 15.5. The molecule has 0 saturated carbocycles. The number of hydrogen-bond donors (Lipinski definition) is 1. The highest BCUT2D eigenvalue weighted by atomic mass is 32.2. The first-order valence-corrected chi connectivity index (χ1v) is 12.0. The lowest BCUT2D eigenvalue weighted by molar-refractivity contribution is 0.399. The van der Waals surface area contributed by atoms with E-state index in [1.54, 1.807) is 28.7 Å². The molecule has 1 aliphatic heterocycles. The first-order valence-electron chi connectivity index (χ1n) is 10.6. The van der Waals surface area contributed by atoms with Crippen molar-refractivity contribution < 1.29 is 8.42 Å². The van der Waals surface area contributed by atoms with Crippen LogP contribution in [0.25, 0.3) is 22.0 Å². The summed E-state index contributed by atoms with van der Waals surface area (Å²) in [6, 6.07) is 16.7. The number of H-pyrrole nitrogens is 1. The lowest BCUT2D eigenvalue weighted by Gasteiger charge is -2.21. The zero-order valence-corrected chi connectivity index (χ0v) is 18.5. The van der Waals surface area contributed by atoms with Gasteiger partial charge in [0.2, 0.25) is 10.0 Å². The van der Waals surface area contributed by atoms with Crippen molar-refractivity contribution in [2.24, 2.45) is 5.92 Å². The van der Waals surface area contributed by atoms with Crippen LogP contribution in [0.4, 0.5) is 0 Å². The predicted molar refractivity (Wildman–Crippen MR) is 122 cm³/mol. The van der Waals surface area contributed by atoms with Gasteiger partial charge in [-0.3, -0.25) is 5.10 Å². The molecule has 0 spiro atoms. The van der Waals surface area contributed by atoms with E-state index in [1.807, 2.05) is 19.2 Å². The third kappa shape index (κ3) is 3.49. The Balaban J connectivity index is 1.37. The number of aromatic nitrogens is 3. The smallest absolute Gasteiger partial charge is 0.244 e. The summed E-state index contributed by atoms with van der Waals surface area (Å²) in [7, 11) is -3.72. The number of benzene rings is 2. The van der Waals surface area contributed by atoms with Gasteiger partial charge in [-0.25, -0.2) is 8.42 Å². The molecule has 0 unspecified atom stereocenters. The van der Waals surface area contributed by atoms with E-state index in [9.17, 15) is 13.7 Å². The van der Waals surface area contributed by atoms with Crippen molar-refractivity contribution in [1.29, 1.82) is 5.26 Å². The van der Waals surface area contributed by atoms with Gasteiger partial charge in [-0.2, -0.15) is 14.7 Å². The molecular formula is C24H23N5O2S. The summed E-state index contributed by atoms with van der Waals surface area (Å²) in [5.74, 6) is 0.193. The molecule has 8 heteroatoms. The van der Waals surface area contributed by atoms with Gasteiger partial charge in [-0.1, -0.05) is 18.2 Å². The van der Waals surface area contributed by atoms with Crippen LogP contribution in [-0.4, -0.2) is 40.1 Å². The predicted octanol–water partition coefficient (Wildman–Crippen LogP) is 4.00. The topological polar surface area (TPSA) is 94.8 Å². The van der Waals surface area contributed by atoms with E-state index in [2.05, 4.69) is 45.2 Å². The van der Waals surface area contributed by atoms with Crippen LogP contribution in [0.15, 0.2) is 72.0 Å². The number of rotatable bonds is 5. The third-order valence-electron chi connectivity index (χ3n) is 6.26. The normalized spacial score (nSPS) is 19.4. The maximum absolute atomic E-state index is 13.3. The van der Waals surface area contributed by atoms with Crippen molar-refractivity contribution in [3.63, 3.8) is 0 Å². The Labute approximate surface area is 187 Å². The number of fused-ring (bicyclic) bond motifs is 1. The number of nitrogens with one attached hydrogen (secondary N) is 1. The molecule has 1 N–H and O–H groups in total. The Kier molecular flexibility index (Phi) is 5.08. The highest BCUT2D eigenvalue weighted by Crippen LogP contribution is 2.33. The van der Waals surface area contributed by atoms with Crippen molar-refractivity contribution in [2.75, 3.05) is 6.54 Å². The van der Waals surface area contributed by atoms with E-state index in [-0.39, 0.29) is 22.4 Å². The SMILES string of the molecule is C[C@H]1C[C@@H](Cn2ccc3cc(-c4cn[nH]c4)ccc32)CN1S(=O)(=O)c1ccccc1C#N. The lowest BCUT2D eigenvalue weighted by atomic mass is 10.1. The summed E-state index contributed by atoms with van der Waals surface area (Å²) in [4.78, 5) is 0.0909. The Morgan fingerprint density at radius 2 is 2.03 bits per heavy atom. The molecule has 2 atom stereocenters. The monoisotopic (exact) mass is 445 g/mol. The zero-order valence-electron chi connectivity index (χ0n) is 17.6. The minimum Gasteiger partial charge on any atom is -0.347 e. The maximum atomic E-state index is 13.3. The second kappa shape index (κ2) is 7.93. The number of sulfonamides is 1. The number of hydrogen-bond acceptors (Lipinski definition) is 4. The van der Waals surface area contributed by atoms with Crippen LogP contribution in [0.5, 0.6) is 0 Å². The molecule has 162 valence electrons. The molecule has 5 rings (SSSR count). The van der Waals surface area contributed by atoms with Crippen LogP contribution in [0.2, 0.25) is 0 Å². The molecular weight excluding hydrogens is 422 g/mol. The molecule has 1 aliphatic rings. The second-order valence-corrected chi connectivity index (χ2v) is 10.2. The molecule has 0 amide bonds. The minimum absolute atomic E-state index is 0.0909. The van der Waals surface area contributed by atoms with Gasteiger partial charge >= 0.3 is 0 Å². The van der Waals surface area contributed by atoms with Gasteiger partial charge in [0.25, 0.3) is 0 Å². The molecule has 0 radical (unpaired) electrons. The number of nitrogens with zero attached hydrogens (tertiary/aromatic N) is 4. The third-order valence-corrected chi connectivity index (χ3v) is 8.29. The summed E-state index contributed by atoms with van der Waals surface area (Å²) in [6.45, 7) is 3.12. The Hall–Kier alpha value is -3.41. The largest absolute Gasteiger partial charge is 0.347 e. The highest BCUT2D eigenvalue weighted by Gasteiger charge is 2.38. The van der Waals surface area contributed by atoms with Gasteiger partial charge in [0.15, 0.2) is 0 Å². The van der Waals surface area contributed by atoms with Crippen LogP contribution < -0.4 is 0 Å². The van der Waals surface area contributed by atoms with E-state index in [4.69, 9.17) is 0 Å². The molecule has 2 aromatic heterocycles. The van der Waals surface area contributed by atoms with Crippen molar-refractivity contribution >= 4 is 20.9 Å². The average molecular weight is 446 g/mol. The number of aromatic amines is 1. The van der Waals surface area contributed by atoms with Gasteiger partial charge in [0.05, 0.1) is 16.7 Å². The van der Waals surface area contributed by atoms with Gasteiger partial charge in [-0.15, -0.1) is 0 Å². The fraction of sp³-hybridized carbons (Fsp3) is 0.250. The second-order valence-electron chi connectivity index (χ2n) is 8.36. The zero-order chi connectivity index (χ0) is 22.3. The van der Waals surface area contributed by atoms with Gasteiger partial charge in [0, 0.05) is 48.0 Å². The molecule has 32 heavy (non-hydrogen) atoms. The molecule has 2 aromatic carbocycles. The van der Waals surface area contributed by atoms with Crippen LogP contribution >= 0.6 is 0 Å². The number of nitriles is 1. The first kappa shape index (κ1) is 20.5. The maximum Gasteiger partial charge on any atom is 0.244 e. The molecule has 1 fully saturated rings. The van der Waals surface area contributed by atoms with E-state index in [0.717, 1.165) is 35.0 Å². The summed E-state index contributed by atoms with van der Waals surface area (Å²) in [5.41, 5.74) is 3.46. The van der Waals surface area contributed by atoms with Gasteiger partial charge in [0.1, 0.15) is 6.07 Å². The van der Waals surface area contributed by atoms with Crippen molar-refractivity contribution in [3.05, 3.63) is 72.7 Å². The van der Waals surface area contributed by atoms with Gasteiger partial charge < -0.3 is 4.57 Å². The quantitative estimate of drug-likeness (QED) is 0.502. The van der Waals surface area contributed by atoms with Crippen LogP contribution in [0.1, 0.15) is 18.9 Å². The molecule has 0 aliphatic carbocycles. The Morgan fingerprint density at radius 1 is 1.19 bits per heavy atom. The van der Waals surface area contributed by atoms with Gasteiger partial charge in [-0.05, 0) is 55.2 Å². The standard InChI is InChI=1S/C24H23N5O2S/c1-17-10-18(16-29(17)32(30,31)24-5-3-2-4-21(24)12-25)15-28-9-8-20-11-19(6-7-23(20)28)22-13-26-27-14-22/h2-9,11,13-14,17-18H,10,15-16H2,1H3,(H,26,27)/t17-,18-/m0/s1. The molecule has 7 nitrogen and oxygen atoms in total. The highest BCUT2D eigenvalue weighted by molar-refractivity contribution is 7.89. The van der Waals surface area contributed by atoms with E-state index in [1.165, 1.54) is 6.07 Å². The minimum atomic E-state index is -3.72. The molecule has 1 saturated heterocycles. The average Bonchev–Trinajstić information content (AvgIpc) is 3.54. The van der Waals surface area contributed by atoms with Crippen molar-refractivity contribution in [1.82, 2.24) is 19.1 Å². The summed E-state index contributed by atoms with van der Waals surface area (Å²) < 4.78 is 30.3. The van der Waals surface area contributed by atoms with E-state index >= 15 is 0 Å². The van der Waals surface area contributed by atoms with Crippen molar-refractivity contribution in [2.45, 2.75) is 30.8 Å². The van der Waals surface area contributed by atoms with E-state index < -0.39 is 10.0 Å². The van der Waals surface area contributed by atoms with Crippen LogP contribution in [-0.2, 0) is 16.6 Å². The molecule has 4 aromatic rings. The fourth-order valence-electron chi connectivity index (χ4n) is 4.71.